The standard InChI is InChI=1S/C48H49N7O6S/c1-27(2)42(52-47(58)60-3)45(56)54-20-8-12-38(54)36-23-32-22-29(16-19-35(32)50-36)30-14-17-33-34-18-15-31(25-41(34)62-40(33)24-30)37-26-49-44(51-37)39-13-9-21-55(39)46(57)43(53-48(59)61-4)28-10-6-5-7-11-28/h5-7,10-11,14-19,22,24-27,38-39,42-43H,8-9,12-13,20-21,23H2,1-4H3,(H,49,51)(H,52,58)(H,53,59)/t38-,39-,42-,43+/m0/s1. The third-order valence-corrected chi connectivity index (χ3v) is 13.5. The Morgan fingerprint density at radius 1 is 0.758 bits per heavy atom. The minimum Gasteiger partial charge on any atom is -0.453 e. The van der Waals surface area contributed by atoms with Crippen LogP contribution in [0, 0.1) is 5.92 Å². The number of methoxy groups -OCH3 is 2. The topological polar surface area (TPSA) is 158 Å². The molecule has 0 unspecified atom stereocenters. The number of alkyl carbamates (subject to hydrolysis) is 2. The van der Waals surface area contributed by atoms with Crippen molar-refractivity contribution in [3.8, 4) is 22.4 Å². The van der Waals surface area contributed by atoms with Crippen LogP contribution in [-0.2, 0) is 25.5 Å². The molecule has 4 amide bonds. The van der Waals surface area contributed by atoms with Gasteiger partial charge in [0.25, 0.3) is 5.91 Å². The van der Waals surface area contributed by atoms with Crippen molar-refractivity contribution >= 4 is 66.9 Å². The zero-order valence-electron chi connectivity index (χ0n) is 35.1. The van der Waals surface area contributed by atoms with Crippen LogP contribution in [0.2, 0.25) is 0 Å². The molecule has 3 N–H and O–H groups in total. The van der Waals surface area contributed by atoms with Gasteiger partial charge in [0, 0.05) is 51.0 Å². The summed E-state index contributed by atoms with van der Waals surface area (Å²) >= 11 is 1.75. The second-order valence-electron chi connectivity index (χ2n) is 16.5. The lowest BCUT2D eigenvalue weighted by molar-refractivity contribution is -0.135. The molecule has 13 nitrogen and oxygen atoms in total. The fourth-order valence-corrected chi connectivity index (χ4v) is 10.4. The largest absolute Gasteiger partial charge is 0.453 e. The number of benzene rings is 4. The van der Waals surface area contributed by atoms with Gasteiger partial charge in [0.15, 0.2) is 0 Å². The number of aromatic nitrogens is 2. The van der Waals surface area contributed by atoms with E-state index in [0.717, 1.165) is 69.7 Å². The molecule has 318 valence electrons. The number of carbonyl (C=O) groups is 4. The molecule has 3 aliphatic heterocycles. The third-order valence-electron chi connectivity index (χ3n) is 12.4. The Morgan fingerprint density at radius 3 is 2.10 bits per heavy atom. The van der Waals surface area contributed by atoms with E-state index in [2.05, 4.69) is 70.2 Å². The Hall–Kier alpha value is -6.54. The first-order valence-electron chi connectivity index (χ1n) is 21.2. The van der Waals surface area contributed by atoms with Gasteiger partial charge in [-0.3, -0.25) is 14.6 Å². The zero-order valence-corrected chi connectivity index (χ0v) is 36.0. The Labute approximate surface area is 363 Å². The van der Waals surface area contributed by atoms with E-state index in [1.54, 1.807) is 16.2 Å². The van der Waals surface area contributed by atoms with Crippen LogP contribution in [0.4, 0.5) is 15.3 Å². The van der Waals surface area contributed by atoms with E-state index in [0.29, 0.717) is 30.9 Å². The van der Waals surface area contributed by atoms with Gasteiger partial charge < -0.3 is 34.9 Å². The van der Waals surface area contributed by atoms with Crippen molar-refractivity contribution in [3.63, 3.8) is 0 Å². The predicted molar refractivity (Wildman–Crippen MR) is 240 cm³/mol. The summed E-state index contributed by atoms with van der Waals surface area (Å²) in [4.78, 5) is 69.1. The molecule has 9 rings (SSSR count). The number of hydrogen-bond donors (Lipinski definition) is 3. The van der Waals surface area contributed by atoms with Crippen molar-refractivity contribution < 1.29 is 28.7 Å². The molecule has 6 aromatic rings. The van der Waals surface area contributed by atoms with Crippen LogP contribution in [-0.4, -0.2) is 88.9 Å². The molecule has 0 saturated carbocycles. The zero-order chi connectivity index (χ0) is 43.1. The van der Waals surface area contributed by atoms with Gasteiger partial charge in [-0.15, -0.1) is 11.3 Å². The van der Waals surface area contributed by atoms with Crippen molar-refractivity contribution in [1.29, 1.82) is 0 Å². The number of amides is 4. The van der Waals surface area contributed by atoms with Gasteiger partial charge in [-0.25, -0.2) is 14.6 Å². The second kappa shape index (κ2) is 17.1. The summed E-state index contributed by atoms with van der Waals surface area (Å²) in [5, 5.41) is 7.84. The lowest BCUT2D eigenvalue weighted by Crippen LogP contribution is -2.53. The summed E-state index contributed by atoms with van der Waals surface area (Å²) in [5.74, 6) is 0.318. The molecular weight excluding hydrogens is 803 g/mol. The number of nitrogens with one attached hydrogen (secondary N) is 3. The van der Waals surface area contributed by atoms with Crippen LogP contribution in [0.15, 0.2) is 96.1 Å². The number of fused-ring (bicyclic) bond motifs is 4. The third kappa shape index (κ3) is 7.79. The molecule has 5 heterocycles. The average molecular weight is 852 g/mol. The van der Waals surface area contributed by atoms with Crippen LogP contribution in [0.5, 0.6) is 0 Å². The van der Waals surface area contributed by atoms with Crippen molar-refractivity contribution in [2.75, 3.05) is 27.3 Å². The summed E-state index contributed by atoms with van der Waals surface area (Å²) in [5.41, 5.74) is 7.86. The minimum atomic E-state index is -0.881. The normalized spacial score (nSPS) is 18.2. The van der Waals surface area contributed by atoms with Crippen LogP contribution in [0.3, 0.4) is 0 Å². The van der Waals surface area contributed by atoms with E-state index in [4.69, 9.17) is 19.5 Å². The van der Waals surface area contributed by atoms with Gasteiger partial charge in [0.05, 0.1) is 43.9 Å². The molecule has 4 aromatic carbocycles. The van der Waals surface area contributed by atoms with Crippen LogP contribution in [0.25, 0.3) is 42.6 Å². The average Bonchev–Trinajstić information content (AvgIpc) is 4.15. The maximum absolute atomic E-state index is 14.0. The molecule has 0 radical (unpaired) electrons. The van der Waals surface area contributed by atoms with Crippen LogP contribution < -0.4 is 10.6 Å². The number of nitrogens with zero attached hydrogens (tertiary/aromatic N) is 4. The van der Waals surface area contributed by atoms with Gasteiger partial charge in [0.2, 0.25) is 5.91 Å². The molecule has 62 heavy (non-hydrogen) atoms. The van der Waals surface area contributed by atoms with E-state index in [-0.39, 0.29) is 29.8 Å². The number of rotatable bonds is 10. The molecule has 3 aliphatic rings. The van der Waals surface area contributed by atoms with Gasteiger partial charge in [-0.1, -0.05) is 74.5 Å². The van der Waals surface area contributed by atoms with Gasteiger partial charge in [0.1, 0.15) is 17.9 Å². The molecule has 0 aliphatic carbocycles. The highest BCUT2D eigenvalue weighted by Gasteiger charge is 2.40. The molecule has 14 heteroatoms. The molecule has 2 fully saturated rings. The summed E-state index contributed by atoms with van der Waals surface area (Å²) in [6, 6.07) is 26.8. The minimum absolute atomic E-state index is 0.0915. The summed E-state index contributed by atoms with van der Waals surface area (Å²) in [6.07, 6.45) is 4.53. The Morgan fingerprint density at radius 2 is 1.39 bits per heavy atom. The highest BCUT2D eigenvalue weighted by Crippen LogP contribution is 2.41. The quantitative estimate of drug-likeness (QED) is 0.124. The van der Waals surface area contributed by atoms with Gasteiger partial charge in [-0.2, -0.15) is 0 Å². The maximum Gasteiger partial charge on any atom is 0.407 e. The maximum atomic E-state index is 14.0. The number of carbonyl (C=O) groups excluding carboxylic acids is 4. The SMILES string of the molecule is COC(=O)N[C@H](C(=O)N1CCC[C@H]1C1=Nc2ccc(-c3ccc4c(c3)sc3cc(-c5cnc([C@@H]6CCCN6C(=O)[C@H](NC(=O)OC)c6ccccc6)[nH]5)ccc34)cc2C1)C(C)C. The second-order valence-corrected chi connectivity index (χ2v) is 17.6. The first-order valence-corrected chi connectivity index (χ1v) is 22.0. The number of ether oxygens (including phenoxy) is 2. The predicted octanol–water partition coefficient (Wildman–Crippen LogP) is 8.87. The Kier molecular flexibility index (Phi) is 11.3. The van der Waals surface area contributed by atoms with Gasteiger partial charge in [-0.05, 0) is 78.1 Å². The van der Waals surface area contributed by atoms with Crippen LogP contribution in [0.1, 0.15) is 68.6 Å². The van der Waals surface area contributed by atoms with E-state index in [1.165, 1.54) is 29.7 Å². The number of thiophene rings is 1. The van der Waals surface area contributed by atoms with E-state index >= 15 is 0 Å². The fraction of sp³-hybridized carbons (Fsp3) is 0.333. The van der Waals surface area contributed by atoms with E-state index < -0.39 is 24.3 Å². The highest BCUT2D eigenvalue weighted by atomic mass is 32.1. The van der Waals surface area contributed by atoms with E-state index in [1.807, 2.05) is 55.3 Å². The molecule has 2 aromatic heterocycles. The smallest absolute Gasteiger partial charge is 0.407 e. The number of likely N-dealkylation sites (tertiary alicyclic amines) is 2. The number of aromatic amines is 1. The monoisotopic (exact) mass is 851 g/mol. The fourth-order valence-electron chi connectivity index (χ4n) is 9.22. The lowest BCUT2D eigenvalue weighted by Gasteiger charge is -2.30. The molecule has 0 bridgehead atoms. The van der Waals surface area contributed by atoms with Crippen molar-refractivity contribution in [3.05, 3.63) is 108 Å². The van der Waals surface area contributed by atoms with Gasteiger partial charge >= 0.3 is 12.2 Å². The lowest BCUT2D eigenvalue weighted by atomic mass is 9.97. The number of aliphatic imine (C=N–C) groups is 1. The Bertz CT molecular complexity index is 2730. The van der Waals surface area contributed by atoms with Crippen LogP contribution >= 0.6 is 11.3 Å². The summed E-state index contributed by atoms with van der Waals surface area (Å²) in [6.45, 7) is 5.03. The molecule has 2 saturated heterocycles. The highest BCUT2D eigenvalue weighted by molar-refractivity contribution is 7.25. The number of hydrogen-bond acceptors (Lipinski definition) is 9. The first-order chi connectivity index (χ1) is 30.1. The molecule has 0 spiro atoms. The summed E-state index contributed by atoms with van der Waals surface area (Å²) in [7, 11) is 2.59. The van der Waals surface area contributed by atoms with Crippen molar-refractivity contribution in [2.45, 2.75) is 70.1 Å². The molecular formula is C48H49N7O6S. The van der Waals surface area contributed by atoms with Crippen molar-refractivity contribution in [2.24, 2.45) is 10.9 Å². The number of imidazole rings is 1. The molecule has 4 atom stereocenters. The summed E-state index contributed by atoms with van der Waals surface area (Å²) < 4.78 is 12.0. The Balaban J connectivity index is 0.910. The number of H-pyrrole nitrogens is 1. The first kappa shape index (κ1) is 40.8. The van der Waals surface area contributed by atoms with Crippen molar-refractivity contribution in [1.82, 2.24) is 30.4 Å². The van der Waals surface area contributed by atoms with E-state index in [9.17, 15) is 19.2 Å².